The average molecular weight is 187 g/mol. The predicted octanol–water partition coefficient (Wildman–Crippen LogP) is 1.50. The molecule has 76 valence electrons. The summed E-state index contributed by atoms with van der Waals surface area (Å²) in [5.74, 6) is 0.132. The molecule has 13 heavy (non-hydrogen) atoms. The van der Waals surface area contributed by atoms with Gasteiger partial charge in [0.05, 0.1) is 6.61 Å². The standard InChI is InChI=1S/C10H18FNO/c1-8-2-4-10(11,7-12-8)9-3-5-13-6-9/h8-9,12H,2-7H2,1H3. The molecule has 0 aromatic heterocycles. The van der Waals surface area contributed by atoms with E-state index in [1.807, 2.05) is 0 Å². The second kappa shape index (κ2) is 3.54. The molecule has 2 saturated heterocycles. The van der Waals surface area contributed by atoms with E-state index in [9.17, 15) is 4.39 Å². The summed E-state index contributed by atoms with van der Waals surface area (Å²) in [4.78, 5) is 0. The molecule has 0 spiro atoms. The van der Waals surface area contributed by atoms with E-state index < -0.39 is 5.67 Å². The van der Waals surface area contributed by atoms with Gasteiger partial charge in [-0.05, 0) is 26.2 Å². The summed E-state index contributed by atoms with van der Waals surface area (Å²) in [6, 6.07) is 0.478. The van der Waals surface area contributed by atoms with Gasteiger partial charge in [0, 0.05) is 25.1 Å². The topological polar surface area (TPSA) is 21.3 Å². The van der Waals surface area contributed by atoms with Gasteiger partial charge >= 0.3 is 0 Å². The minimum absolute atomic E-state index is 0.132. The molecule has 1 N–H and O–H groups in total. The normalized spacial score (nSPS) is 46.6. The first-order chi connectivity index (χ1) is 6.21. The molecule has 0 amide bonds. The van der Waals surface area contributed by atoms with Crippen molar-refractivity contribution < 1.29 is 9.13 Å². The Morgan fingerprint density at radius 3 is 2.85 bits per heavy atom. The third-order valence-electron chi connectivity index (χ3n) is 3.40. The van der Waals surface area contributed by atoms with E-state index in [4.69, 9.17) is 4.74 Å². The Hall–Kier alpha value is -0.150. The van der Waals surface area contributed by atoms with Crippen LogP contribution in [0.25, 0.3) is 0 Å². The second-order valence-corrected chi connectivity index (χ2v) is 4.42. The first-order valence-corrected chi connectivity index (χ1v) is 5.21. The maximum absolute atomic E-state index is 14.3. The highest BCUT2D eigenvalue weighted by molar-refractivity contribution is 4.95. The second-order valence-electron chi connectivity index (χ2n) is 4.42. The Kier molecular flexibility index (Phi) is 2.56. The largest absolute Gasteiger partial charge is 0.381 e. The molecule has 0 saturated carbocycles. The molecule has 3 unspecified atom stereocenters. The maximum atomic E-state index is 14.3. The fourth-order valence-corrected chi connectivity index (χ4v) is 2.28. The zero-order chi connectivity index (χ0) is 9.31. The van der Waals surface area contributed by atoms with Crippen LogP contribution in [0.4, 0.5) is 4.39 Å². The molecule has 2 nitrogen and oxygen atoms in total. The quantitative estimate of drug-likeness (QED) is 0.671. The van der Waals surface area contributed by atoms with E-state index >= 15 is 0 Å². The smallest absolute Gasteiger partial charge is 0.128 e. The Morgan fingerprint density at radius 2 is 2.31 bits per heavy atom. The highest BCUT2D eigenvalue weighted by Crippen LogP contribution is 2.35. The average Bonchev–Trinajstić information content (AvgIpc) is 2.63. The summed E-state index contributed by atoms with van der Waals surface area (Å²) in [6.45, 7) is 3.99. The van der Waals surface area contributed by atoms with Crippen LogP contribution in [0.5, 0.6) is 0 Å². The lowest BCUT2D eigenvalue weighted by Gasteiger charge is -2.37. The number of alkyl halides is 1. The molecular formula is C10H18FNO. The Bertz CT molecular complexity index is 172. The van der Waals surface area contributed by atoms with Gasteiger partial charge in [-0.3, -0.25) is 0 Å². The molecule has 3 heteroatoms. The van der Waals surface area contributed by atoms with Gasteiger partial charge in [0.15, 0.2) is 0 Å². The van der Waals surface area contributed by atoms with Gasteiger partial charge in [-0.25, -0.2) is 4.39 Å². The lowest BCUT2D eigenvalue weighted by molar-refractivity contribution is 0.0342. The van der Waals surface area contributed by atoms with E-state index in [0.29, 0.717) is 25.6 Å². The zero-order valence-corrected chi connectivity index (χ0v) is 8.18. The molecular weight excluding hydrogens is 169 g/mol. The van der Waals surface area contributed by atoms with E-state index in [1.54, 1.807) is 0 Å². The maximum Gasteiger partial charge on any atom is 0.128 e. The predicted molar refractivity (Wildman–Crippen MR) is 49.5 cm³/mol. The van der Waals surface area contributed by atoms with Crippen LogP contribution in [0.3, 0.4) is 0 Å². The lowest BCUT2D eigenvalue weighted by Crippen LogP contribution is -2.50. The van der Waals surface area contributed by atoms with E-state index in [0.717, 1.165) is 19.4 Å². The number of ether oxygens (including phenoxy) is 1. The van der Waals surface area contributed by atoms with Crippen molar-refractivity contribution in [2.24, 2.45) is 5.92 Å². The van der Waals surface area contributed by atoms with Gasteiger partial charge in [0.25, 0.3) is 0 Å². The third kappa shape index (κ3) is 1.86. The van der Waals surface area contributed by atoms with E-state index in [1.165, 1.54) is 0 Å². The molecule has 2 aliphatic heterocycles. The van der Waals surface area contributed by atoms with Crippen LogP contribution >= 0.6 is 0 Å². The van der Waals surface area contributed by atoms with E-state index in [2.05, 4.69) is 12.2 Å². The van der Waals surface area contributed by atoms with Crippen molar-refractivity contribution in [3.63, 3.8) is 0 Å². The number of hydrogen-bond acceptors (Lipinski definition) is 2. The van der Waals surface area contributed by atoms with E-state index in [-0.39, 0.29) is 5.92 Å². The summed E-state index contributed by atoms with van der Waals surface area (Å²) in [6.07, 6.45) is 2.55. The molecule has 0 aromatic carbocycles. The van der Waals surface area contributed by atoms with Crippen molar-refractivity contribution in [1.82, 2.24) is 5.32 Å². The molecule has 0 radical (unpaired) electrons. The van der Waals surface area contributed by atoms with Crippen molar-refractivity contribution in [1.29, 1.82) is 0 Å². The van der Waals surface area contributed by atoms with Crippen LogP contribution in [0.15, 0.2) is 0 Å². The van der Waals surface area contributed by atoms with Gasteiger partial charge in [-0.2, -0.15) is 0 Å². The minimum atomic E-state index is -0.997. The van der Waals surface area contributed by atoms with Gasteiger partial charge in [-0.1, -0.05) is 0 Å². The summed E-state index contributed by atoms with van der Waals surface area (Å²) >= 11 is 0. The SMILES string of the molecule is CC1CCC(F)(C2CCOC2)CN1. The molecule has 0 bridgehead atoms. The highest BCUT2D eigenvalue weighted by atomic mass is 19.1. The first-order valence-electron chi connectivity index (χ1n) is 5.21. The van der Waals surface area contributed by atoms with Crippen LogP contribution in [0.1, 0.15) is 26.2 Å². The summed E-state index contributed by atoms with van der Waals surface area (Å²) in [5, 5.41) is 3.22. The molecule has 2 heterocycles. The number of piperidine rings is 1. The Balaban J connectivity index is 1.95. The molecule has 2 aliphatic rings. The van der Waals surface area contributed by atoms with Crippen LogP contribution in [0.2, 0.25) is 0 Å². The Morgan fingerprint density at radius 1 is 1.46 bits per heavy atom. The van der Waals surface area contributed by atoms with Crippen LogP contribution in [-0.4, -0.2) is 31.5 Å². The molecule has 0 aromatic rings. The molecule has 3 atom stereocenters. The van der Waals surface area contributed by atoms with Crippen molar-refractivity contribution in [3.8, 4) is 0 Å². The third-order valence-corrected chi connectivity index (χ3v) is 3.40. The number of hydrogen-bond donors (Lipinski definition) is 1. The molecule has 2 rings (SSSR count). The lowest BCUT2D eigenvalue weighted by atomic mass is 9.81. The van der Waals surface area contributed by atoms with Gasteiger partial charge in [-0.15, -0.1) is 0 Å². The van der Waals surface area contributed by atoms with Crippen molar-refractivity contribution in [3.05, 3.63) is 0 Å². The minimum Gasteiger partial charge on any atom is -0.381 e. The summed E-state index contributed by atoms with van der Waals surface area (Å²) < 4.78 is 19.5. The monoisotopic (exact) mass is 187 g/mol. The van der Waals surface area contributed by atoms with Gasteiger partial charge in [0.1, 0.15) is 5.67 Å². The van der Waals surface area contributed by atoms with Crippen LogP contribution in [0, 0.1) is 5.92 Å². The zero-order valence-electron chi connectivity index (χ0n) is 8.18. The number of halogens is 1. The summed E-state index contributed by atoms with van der Waals surface area (Å²) in [7, 11) is 0. The van der Waals surface area contributed by atoms with Crippen molar-refractivity contribution in [2.75, 3.05) is 19.8 Å². The van der Waals surface area contributed by atoms with Gasteiger partial charge in [0.2, 0.25) is 0 Å². The van der Waals surface area contributed by atoms with Crippen molar-refractivity contribution >= 4 is 0 Å². The number of rotatable bonds is 1. The van der Waals surface area contributed by atoms with Gasteiger partial charge < -0.3 is 10.1 Å². The molecule has 2 fully saturated rings. The molecule has 0 aliphatic carbocycles. The first kappa shape index (κ1) is 9.41. The Labute approximate surface area is 78.8 Å². The van der Waals surface area contributed by atoms with Crippen LogP contribution < -0.4 is 5.32 Å². The fourth-order valence-electron chi connectivity index (χ4n) is 2.28. The number of nitrogens with one attached hydrogen (secondary N) is 1. The van der Waals surface area contributed by atoms with Crippen molar-refractivity contribution in [2.45, 2.75) is 37.9 Å². The fraction of sp³-hybridized carbons (Fsp3) is 1.00. The highest BCUT2D eigenvalue weighted by Gasteiger charge is 2.42. The van der Waals surface area contributed by atoms with Crippen LogP contribution in [-0.2, 0) is 4.74 Å². The summed E-state index contributed by atoms with van der Waals surface area (Å²) in [5.41, 5.74) is -0.997.